The first-order valence-corrected chi connectivity index (χ1v) is 6.20. The number of urea groups is 1. The van der Waals surface area contributed by atoms with Gasteiger partial charge in [0, 0.05) is 12.7 Å². The van der Waals surface area contributed by atoms with Gasteiger partial charge in [0.1, 0.15) is 6.04 Å². The molecule has 1 unspecified atom stereocenters. The number of carbonyl (C=O) groups is 2. The summed E-state index contributed by atoms with van der Waals surface area (Å²) in [6, 6.07) is 6.21. The van der Waals surface area contributed by atoms with Gasteiger partial charge in [-0.15, -0.1) is 0 Å². The lowest BCUT2D eigenvalue weighted by Crippen LogP contribution is -2.42. The smallest absolute Gasteiger partial charge is 0.326 e. The monoisotopic (exact) mass is 264 g/mol. The fourth-order valence-corrected chi connectivity index (χ4v) is 1.66. The molecular formula is C14H20N2O3. The molecule has 0 fully saturated rings. The highest BCUT2D eigenvalue weighted by Crippen LogP contribution is 2.23. The topological polar surface area (TPSA) is 69.6 Å². The van der Waals surface area contributed by atoms with Crippen LogP contribution in [0, 0.1) is 0 Å². The Labute approximate surface area is 113 Å². The first-order valence-electron chi connectivity index (χ1n) is 6.20. The largest absolute Gasteiger partial charge is 0.480 e. The van der Waals surface area contributed by atoms with Crippen LogP contribution in [-0.4, -0.2) is 35.1 Å². The van der Waals surface area contributed by atoms with Crippen LogP contribution in [0.5, 0.6) is 0 Å². The van der Waals surface area contributed by atoms with Crippen molar-refractivity contribution in [1.29, 1.82) is 0 Å². The number of hydrogen-bond acceptors (Lipinski definition) is 2. The molecule has 1 aromatic rings. The third kappa shape index (κ3) is 3.71. The van der Waals surface area contributed by atoms with Gasteiger partial charge in [-0.2, -0.15) is 0 Å². The van der Waals surface area contributed by atoms with Crippen molar-refractivity contribution in [2.24, 2.45) is 0 Å². The van der Waals surface area contributed by atoms with Crippen molar-refractivity contribution in [3.63, 3.8) is 0 Å². The molecule has 0 spiro atoms. The number of nitrogens with one attached hydrogen (secondary N) is 1. The standard InChI is InChI=1S/C14H20N2O3/c1-9(2)11-7-5-6-8-12(11)15-14(19)16(4)10(3)13(17)18/h5-10H,1-4H3,(H,15,19)(H,17,18). The molecule has 2 N–H and O–H groups in total. The second-order valence-electron chi connectivity index (χ2n) is 4.80. The van der Waals surface area contributed by atoms with Gasteiger partial charge in [0.2, 0.25) is 0 Å². The van der Waals surface area contributed by atoms with Crippen LogP contribution in [0.3, 0.4) is 0 Å². The molecule has 104 valence electrons. The minimum absolute atomic E-state index is 0.277. The summed E-state index contributed by atoms with van der Waals surface area (Å²) in [7, 11) is 1.46. The quantitative estimate of drug-likeness (QED) is 0.878. The van der Waals surface area contributed by atoms with E-state index in [1.807, 2.05) is 38.1 Å². The van der Waals surface area contributed by atoms with Gasteiger partial charge in [-0.25, -0.2) is 9.59 Å². The number of likely N-dealkylation sites (N-methyl/N-ethyl adjacent to an activating group) is 1. The number of nitrogens with zero attached hydrogens (tertiary/aromatic N) is 1. The van der Waals surface area contributed by atoms with Crippen molar-refractivity contribution >= 4 is 17.7 Å². The molecule has 2 amide bonds. The van der Waals surface area contributed by atoms with Crippen molar-refractivity contribution in [1.82, 2.24) is 4.90 Å². The maximum atomic E-state index is 12.0. The molecule has 5 heteroatoms. The first kappa shape index (κ1) is 15.0. The third-order valence-electron chi connectivity index (χ3n) is 3.08. The number of carboxylic acid groups (broad SMARTS) is 1. The zero-order valence-corrected chi connectivity index (χ0v) is 11.7. The van der Waals surface area contributed by atoms with Gasteiger partial charge in [0.05, 0.1) is 0 Å². The van der Waals surface area contributed by atoms with Crippen LogP contribution < -0.4 is 5.32 Å². The van der Waals surface area contributed by atoms with E-state index in [1.165, 1.54) is 18.9 Å². The van der Waals surface area contributed by atoms with Gasteiger partial charge in [-0.05, 0) is 24.5 Å². The number of aliphatic carboxylic acids is 1. The lowest BCUT2D eigenvalue weighted by Gasteiger charge is -2.23. The van der Waals surface area contributed by atoms with Crippen LogP contribution in [0.15, 0.2) is 24.3 Å². The number of carboxylic acids is 1. The minimum atomic E-state index is -1.03. The van der Waals surface area contributed by atoms with Crippen LogP contribution in [0.25, 0.3) is 0 Å². The Balaban J connectivity index is 2.85. The highest BCUT2D eigenvalue weighted by molar-refractivity contribution is 5.92. The molecule has 0 radical (unpaired) electrons. The van der Waals surface area contributed by atoms with Crippen molar-refractivity contribution in [2.75, 3.05) is 12.4 Å². The van der Waals surface area contributed by atoms with Gasteiger partial charge in [0.15, 0.2) is 0 Å². The summed E-state index contributed by atoms with van der Waals surface area (Å²) in [5.41, 5.74) is 1.74. The van der Waals surface area contributed by atoms with E-state index < -0.39 is 18.0 Å². The van der Waals surface area contributed by atoms with Crippen molar-refractivity contribution in [3.05, 3.63) is 29.8 Å². The van der Waals surface area contributed by atoms with Crippen LogP contribution >= 0.6 is 0 Å². The predicted octanol–water partition coefficient (Wildman–Crippen LogP) is 2.75. The van der Waals surface area contributed by atoms with E-state index in [-0.39, 0.29) is 5.92 Å². The van der Waals surface area contributed by atoms with Crippen LogP contribution in [-0.2, 0) is 4.79 Å². The van der Waals surface area contributed by atoms with E-state index in [0.717, 1.165) is 5.56 Å². The number of rotatable bonds is 4. The van der Waals surface area contributed by atoms with E-state index in [4.69, 9.17) is 5.11 Å². The van der Waals surface area contributed by atoms with E-state index in [2.05, 4.69) is 5.32 Å². The highest BCUT2D eigenvalue weighted by atomic mass is 16.4. The summed E-state index contributed by atoms with van der Waals surface area (Å²) in [6.07, 6.45) is 0. The van der Waals surface area contributed by atoms with Gasteiger partial charge >= 0.3 is 12.0 Å². The SMILES string of the molecule is CC(C)c1ccccc1NC(=O)N(C)C(C)C(=O)O. The number of amides is 2. The average Bonchev–Trinajstić information content (AvgIpc) is 2.37. The lowest BCUT2D eigenvalue weighted by molar-refractivity contribution is -0.141. The molecule has 1 atom stereocenters. The Morgan fingerprint density at radius 2 is 1.79 bits per heavy atom. The molecule has 0 aliphatic rings. The fourth-order valence-electron chi connectivity index (χ4n) is 1.66. The van der Waals surface area contributed by atoms with Gasteiger partial charge < -0.3 is 15.3 Å². The Morgan fingerprint density at radius 3 is 2.32 bits per heavy atom. The molecule has 19 heavy (non-hydrogen) atoms. The summed E-state index contributed by atoms with van der Waals surface area (Å²) in [6.45, 7) is 5.54. The average molecular weight is 264 g/mol. The maximum absolute atomic E-state index is 12.0. The number of anilines is 1. The van der Waals surface area contributed by atoms with Crippen molar-refractivity contribution in [3.8, 4) is 0 Å². The Hall–Kier alpha value is -2.04. The Bertz CT molecular complexity index is 472. The summed E-state index contributed by atoms with van der Waals surface area (Å²) >= 11 is 0. The maximum Gasteiger partial charge on any atom is 0.326 e. The van der Waals surface area contributed by atoms with Gasteiger partial charge in [0.25, 0.3) is 0 Å². The van der Waals surface area contributed by atoms with Crippen LogP contribution in [0.1, 0.15) is 32.3 Å². The summed E-state index contributed by atoms with van der Waals surface area (Å²) in [4.78, 5) is 24.0. The van der Waals surface area contributed by atoms with E-state index >= 15 is 0 Å². The predicted molar refractivity (Wildman–Crippen MR) is 74.4 cm³/mol. The molecule has 0 aliphatic carbocycles. The second kappa shape index (κ2) is 6.22. The first-order chi connectivity index (χ1) is 8.84. The zero-order valence-electron chi connectivity index (χ0n) is 11.7. The normalized spacial score (nSPS) is 12.1. The Kier molecular flexibility index (Phi) is 4.92. The molecule has 0 bridgehead atoms. The van der Waals surface area contributed by atoms with Crippen molar-refractivity contribution < 1.29 is 14.7 Å². The van der Waals surface area contributed by atoms with E-state index in [9.17, 15) is 9.59 Å². The molecule has 0 saturated carbocycles. The minimum Gasteiger partial charge on any atom is -0.480 e. The molecule has 1 aromatic carbocycles. The number of benzene rings is 1. The van der Waals surface area contributed by atoms with Gasteiger partial charge in [-0.3, -0.25) is 0 Å². The van der Waals surface area contributed by atoms with Crippen LogP contribution in [0.2, 0.25) is 0 Å². The number of carbonyl (C=O) groups excluding carboxylic acids is 1. The summed E-state index contributed by atoms with van der Waals surface area (Å²) < 4.78 is 0. The molecule has 5 nitrogen and oxygen atoms in total. The number of hydrogen-bond donors (Lipinski definition) is 2. The third-order valence-corrected chi connectivity index (χ3v) is 3.08. The molecule has 0 aromatic heterocycles. The second-order valence-corrected chi connectivity index (χ2v) is 4.80. The van der Waals surface area contributed by atoms with E-state index in [0.29, 0.717) is 5.69 Å². The molecule has 0 heterocycles. The molecule has 1 rings (SSSR count). The molecule has 0 saturated heterocycles. The Morgan fingerprint density at radius 1 is 1.21 bits per heavy atom. The highest BCUT2D eigenvalue weighted by Gasteiger charge is 2.22. The van der Waals surface area contributed by atoms with E-state index in [1.54, 1.807) is 0 Å². The molecular weight excluding hydrogens is 244 g/mol. The summed E-state index contributed by atoms with van der Waals surface area (Å²) in [5, 5.41) is 11.6. The van der Waals surface area contributed by atoms with Crippen LogP contribution in [0.4, 0.5) is 10.5 Å². The van der Waals surface area contributed by atoms with Gasteiger partial charge in [-0.1, -0.05) is 32.0 Å². The lowest BCUT2D eigenvalue weighted by atomic mass is 10.0. The summed E-state index contributed by atoms with van der Waals surface area (Å²) in [5.74, 6) is -0.756. The van der Waals surface area contributed by atoms with Crippen molar-refractivity contribution in [2.45, 2.75) is 32.7 Å². The fraction of sp³-hybridized carbons (Fsp3) is 0.429. The number of para-hydroxylation sites is 1. The molecule has 0 aliphatic heterocycles. The zero-order chi connectivity index (χ0) is 14.6.